The highest BCUT2D eigenvalue weighted by molar-refractivity contribution is 5.85. The minimum Gasteiger partial charge on any atom is -0.326 e. The third-order valence-electron chi connectivity index (χ3n) is 2.18. The van der Waals surface area contributed by atoms with Crippen LogP contribution in [0, 0.1) is 5.82 Å². The topological polar surface area (TPSA) is 30.9 Å². The number of benzene rings is 1. The lowest BCUT2D eigenvalue weighted by Gasteiger charge is -2.09. The largest absolute Gasteiger partial charge is 0.326 e. The average Bonchev–Trinajstić information content (AvgIpc) is 2.70. The Morgan fingerprint density at radius 1 is 1.13 bits per heavy atom. The second kappa shape index (κ2) is 4.96. The Labute approximate surface area is 93.9 Å². The fourth-order valence-corrected chi connectivity index (χ4v) is 1.49. The van der Waals surface area contributed by atoms with Crippen molar-refractivity contribution in [3.05, 3.63) is 54.1 Å². The molecule has 1 heterocycles. The highest BCUT2D eigenvalue weighted by atomic mass is 35.5. The lowest BCUT2D eigenvalue weighted by molar-refractivity contribution is 0.608. The summed E-state index contributed by atoms with van der Waals surface area (Å²) in [4.78, 5) is 0. The average molecular weight is 227 g/mol. The molecule has 0 aliphatic carbocycles. The van der Waals surface area contributed by atoms with Crippen LogP contribution in [0.4, 0.5) is 4.39 Å². The summed E-state index contributed by atoms with van der Waals surface area (Å²) < 4.78 is 15.2. The molecule has 2 nitrogen and oxygen atoms in total. The Bertz CT molecular complexity index is 426. The lowest BCUT2D eigenvalue weighted by atomic mass is 10.1. The van der Waals surface area contributed by atoms with Crippen LogP contribution in [0.3, 0.4) is 0 Å². The van der Waals surface area contributed by atoms with Gasteiger partial charge in [-0.05, 0) is 24.3 Å². The van der Waals surface area contributed by atoms with E-state index in [0.29, 0.717) is 5.56 Å². The number of nitrogens with zero attached hydrogens (tertiary/aromatic N) is 1. The summed E-state index contributed by atoms with van der Waals surface area (Å²) in [6, 6.07) is 8.75. The van der Waals surface area contributed by atoms with E-state index in [9.17, 15) is 4.39 Å². The summed E-state index contributed by atoms with van der Waals surface area (Å²) in [5.41, 5.74) is 6.85. The maximum absolute atomic E-state index is 13.3. The summed E-state index contributed by atoms with van der Waals surface area (Å²) in [5, 5.41) is 0. The van der Waals surface area contributed by atoms with Gasteiger partial charge in [-0.2, -0.15) is 0 Å². The molecule has 0 fully saturated rings. The minimum atomic E-state index is -0.251. The molecule has 2 aromatic rings. The number of aromatic nitrogens is 1. The van der Waals surface area contributed by atoms with Crippen molar-refractivity contribution in [1.29, 1.82) is 0 Å². The SMILES string of the molecule is Cl.NCc1c(F)cccc1-n1cccc1. The molecular weight excluding hydrogens is 215 g/mol. The Morgan fingerprint density at radius 2 is 1.80 bits per heavy atom. The molecule has 4 heteroatoms. The van der Waals surface area contributed by atoms with E-state index in [0.717, 1.165) is 5.69 Å². The Hall–Kier alpha value is -1.32. The van der Waals surface area contributed by atoms with Gasteiger partial charge in [0.05, 0.1) is 5.69 Å². The molecule has 0 atom stereocenters. The fourth-order valence-electron chi connectivity index (χ4n) is 1.49. The van der Waals surface area contributed by atoms with Crippen molar-refractivity contribution in [2.75, 3.05) is 0 Å². The van der Waals surface area contributed by atoms with Crippen LogP contribution in [0.5, 0.6) is 0 Å². The second-order valence-electron chi connectivity index (χ2n) is 3.03. The van der Waals surface area contributed by atoms with E-state index in [1.165, 1.54) is 6.07 Å². The van der Waals surface area contributed by atoms with Gasteiger partial charge >= 0.3 is 0 Å². The lowest BCUT2D eigenvalue weighted by Crippen LogP contribution is -2.05. The van der Waals surface area contributed by atoms with Gasteiger partial charge in [0.15, 0.2) is 0 Å². The smallest absolute Gasteiger partial charge is 0.129 e. The van der Waals surface area contributed by atoms with Crippen LogP contribution in [-0.2, 0) is 6.54 Å². The molecule has 80 valence electrons. The van der Waals surface area contributed by atoms with E-state index < -0.39 is 0 Å². The van der Waals surface area contributed by atoms with E-state index in [2.05, 4.69) is 0 Å². The third-order valence-corrected chi connectivity index (χ3v) is 2.18. The van der Waals surface area contributed by atoms with Crippen molar-refractivity contribution >= 4 is 12.4 Å². The molecule has 0 saturated carbocycles. The molecule has 1 aromatic carbocycles. The molecule has 2 rings (SSSR count). The van der Waals surface area contributed by atoms with E-state index >= 15 is 0 Å². The quantitative estimate of drug-likeness (QED) is 0.838. The van der Waals surface area contributed by atoms with Crippen LogP contribution in [0.2, 0.25) is 0 Å². The van der Waals surface area contributed by atoms with Gasteiger partial charge in [-0.3, -0.25) is 0 Å². The molecule has 15 heavy (non-hydrogen) atoms. The van der Waals surface area contributed by atoms with Crippen LogP contribution in [0.15, 0.2) is 42.7 Å². The normalized spacial score (nSPS) is 9.73. The first-order valence-corrected chi connectivity index (χ1v) is 4.43. The zero-order valence-electron chi connectivity index (χ0n) is 8.06. The van der Waals surface area contributed by atoms with Gasteiger partial charge < -0.3 is 10.3 Å². The maximum atomic E-state index is 13.3. The van der Waals surface area contributed by atoms with Crippen molar-refractivity contribution < 1.29 is 4.39 Å². The molecule has 0 spiro atoms. The van der Waals surface area contributed by atoms with Gasteiger partial charge in [0, 0.05) is 24.5 Å². The molecule has 0 saturated heterocycles. The van der Waals surface area contributed by atoms with E-state index in [4.69, 9.17) is 5.73 Å². The molecular formula is C11H12ClFN2. The minimum absolute atomic E-state index is 0. The van der Waals surface area contributed by atoms with Crippen molar-refractivity contribution in [3.63, 3.8) is 0 Å². The summed E-state index contributed by atoms with van der Waals surface area (Å²) in [5.74, 6) is -0.251. The molecule has 0 radical (unpaired) electrons. The van der Waals surface area contributed by atoms with Gasteiger partial charge in [-0.15, -0.1) is 12.4 Å². The highest BCUT2D eigenvalue weighted by Gasteiger charge is 2.06. The van der Waals surface area contributed by atoms with Crippen LogP contribution in [0.25, 0.3) is 5.69 Å². The number of hydrogen-bond donors (Lipinski definition) is 1. The highest BCUT2D eigenvalue weighted by Crippen LogP contribution is 2.17. The van der Waals surface area contributed by atoms with Crippen LogP contribution < -0.4 is 5.73 Å². The summed E-state index contributed by atoms with van der Waals surface area (Å²) in [6.07, 6.45) is 3.74. The molecule has 0 amide bonds. The zero-order chi connectivity index (χ0) is 9.97. The van der Waals surface area contributed by atoms with Gasteiger partial charge in [-0.25, -0.2) is 4.39 Å². The van der Waals surface area contributed by atoms with Crippen molar-refractivity contribution in [1.82, 2.24) is 4.57 Å². The van der Waals surface area contributed by atoms with Crippen molar-refractivity contribution in [2.24, 2.45) is 5.73 Å². The summed E-state index contributed by atoms with van der Waals surface area (Å²) in [7, 11) is 0. The molecule has 1 aromatic heterocycles. The number of nitrogens with two attached hydrogens (primary N) is 1. The fraction of sp³-hybridized carbons (Fsp3) is 0.0909. The predicted octanol–water partition coefficient (Wildman–Crippen LogP) is 2.50. The van der Waals surface area contributed by atoms with Crippen molar-refractivity contribution in [2.45, 2.75) is 6.54 Å². The van der Waals surface area contributed by atoms with Gasteiger partial charge in [0.1, 0.15) is 5.82 Å². The first-order chi connectivity index (χ1) is 6.83. The van der Waals surface area contributed by atoms with Gasteiger partial charge in [0.2, 0.25) is 0 Å². The van der Waals surface area contributed by atoms with Crippen LogP contribution >= 0.6 is 12.4 Å². The maximum Gasteiger partial charge on any atom is 0.129 e. The summed E-state index contributed by atoms with van der Waals surface area (Å²) >= 11 is 0. The van der Waals surface area contributed by atoms with E-state index in [-0.39, 0.29) is 24.8 Å². The molecule has 0 bridgehead atoms. The van der Waals surface area contributed by atoms with Crippen molar-refractivity contribution in [3.8, 4) is 5.69 Å². The standard InChI is InChI=1S/C11H11FN2.ClH/c12-10-4-3-5-11(9(10)8-13)14-6-1-2-7-14;/h1-7H,8,13H2;1H. The first kappa shape index (κ1) is 11.8. The van der Waals surface area contributed by atoms with E-state index in [1.807, 2.05) is 35.2 Å². The molecule has 0 aliphatic heterocycles. The molecule has 2 N–H and O–H groups in total. The zero-order valence-corrected chi connectivity index (χ0v) is 8.88. The van der Waals surface area contributed by atoms with E-state index in [1.54, 1.807) is 6.07 Å². The Morgan fingerprint density at radius 3 is 2.40 bits per heavy atom. The van der Waals surface area contributed by atoms with Crippen LogP contribution in [0.1, 0.15) is 5.56 Å². The Balaban J connectivity index is 0.00000112. The predicted molar refractivity (Wildman–Crippen MR) is 60.9 cm³/mol. The second-order valence-corrected chi connectivity index (χ2v) is 3.03. The molecule has 0 aliphatic rings. The van der Waals surface area contributed by atoms with Gasteiger partial charge in [-0.1, -0.05) is 6.07 Å². The number of hydrogen-bond acceptors (Lipinski definition) is 1. The number of halogens is 2. The number of rotatable bonds is 2. The first-order valence-electron chi connectivity index (χ1n) is 4.43. The van der Waals surface area contributed by atoms with Gasteiger partial charge in [0.25, 0.3) is 0 Å². The third kappa shape index (κ3) is 2.19. The summed E-state index contributed by atoms with van der Waals surface area (Å²) in [6.45, 7) is 0.209. The monoisotopic (exact) mass is 226 g/mol. The molecule has 0 unspecified atom stereocenters. The van der Waals surface area contributed by atoms with Crippen LogP contribution in [-0.4, -0.2) is 4.57 Å². The Kier molecular flexibility index (Phi) is 3.88.